The van der Waals surface area contributed by atoms with Crippen LogP contribution in [0, 0.1) is 17.8 Å². The maximum absolute atomic E-state index is 13.1. The Labute approximate surface area is 155 Å². The normalized spacial score (nSPS) is 28.0. The summed E-state index contributed by atoms with van der Waals surface area (Å²) in [6.07, 6.45) is 3.55. The number of amides is 1. The summed E-state index contributed by atoms with van der Waals surface area (Å²) >= 11 is 0. The van der Waals surface area contributed by atoms with E-state index in [-0.39, 0.29) is 11.8 Å². The van der Waals surface area contributed by atoms with Gasteiger partial charge in [0, 0.05) is 25.1 Å². The van der Waals surface area contributed by atoms with E-state index >= 15 is 0 Å². The van der Waals surface area contributed by atoms with Crippen LogP contribution in [0.15, 0.2) is 47.6 Å². The Kier molecular flexibility index (Phi) is 4.34. The van der Waals surface area contributed by atoms with Gasteiger partial charge in [0.2, 0.25) is 5.91 Å². The molecule has 0 radical (unpaired) electrons. The number of ketones is 1. The van der Waals surface area contributed by atoms with Gasteiger partial charge in [0.1, 0.15) is 0 Å². The van der Waals surface area contributed by atoms with Crippen molar-refractivity contribution in [2.75, 3.05) is 0 Å². The number of rotatable bonds is 2. The van der Waals surface area contributed by atoms with E-state index in [1.807, 2.05) is 24.0 Å². The number of allylic oxidation sites excluding steroid dienone is 2. The maximum atomic E-state index is 13.1. The zero-order chi connectivity index (χ0) is 18.4. The standard InChI is InChI=1S/C23H27NO2/c1-14-8-9-17(10-21-16(3)22(25)11-20(14)21)15(2)23(26)24-12-18-6-4-5-7-19(18)13-24/h4-7,14,17,20H,2,8-13H2,1,3H3/t14-,17+,20-/m0/s1. The second kappa shape index (κ2) is 6.53. The minimum atomic E-state index is 0.0832. The van der Waals surface area contributed by atoms with Gasteiger partial charge in [0.25, 0.3) is 0 Å². The first-order valence-corrected chi connectivity index (χ1v) is 9.73. The van der Waals surface area contributed by atoms with E-state index in [9.17, 15) is 9.59 Å². The van der Waals surface area contributed by atoms with Gasteiger partial charge < -0.3 is 4.90 Å². The summed E-state index contributed by atoms with van der Waals surface area (Å²) in [5, 5.41) is 0. The first kappa shape index (κ1) is 17.3. The smallest absolute Gasteiger partial charge is 0.250 e. The average Bonchev–Trinajstić information content (AvgIpc) is 3.14. The highest BCUT2D eigenvalue weighted by molar-refractivity contribution is 5.99. The van der Waals surface area contributed by atoms with Gasteiger partial charge >= 0.3 is 0 Å². The van der Waals surface area contributed by atoms with E-state index in [0.717, 1.165) is 30.4 Å². The molecule has 0 bridgehead atoms. The van der Waals surface area contributed by atoms with Gasteiger partial charge in [-0.25, -0.2) is 0 Å². The zero-order valence-electron chi connectivity index (χ0n) is 15.8. The summed E-state index contributed by atoms with van der Waals surface area (Å²) in [5.74, 6) is 1.43. The van der Waals surface area contributed by atoms with Crippen LogP contribution in [0.1, 0.15) is 50.7 Å². The Bertz CT molecular complexity index is 794. The van der Waals surface area contributed by atoms with Crippen LogP contribution in [0.2, 0.25) is 0 Å². The fourth-order valence-electron chi connectivity index (χ4n) is 4.97. The molecule has 1 aromatic rings. The third-order valence-corrected chi connectivity index (χ3v) is 6.77. The maximum Gasteiger partial charge on any atom is 0.250 e. The molecule has 0 spiro atoms. The highest BCUT2D eigenvalue weighted by atomic mass is 16.2. The molecule has 0 N–H and O–H groups in total. The van der Waals surface area contributed by atoms with Crippen molar-refractivity contribution in [1.29, 1.82) is 0 Å². The van der Waals surface area contributed by atoms with E-state index in [4.69, 9.17) is 0 Å². The van der Waals surface area contributed by atoms with Crippen LogP contribution < -0.4 is 0 Å². The third kappa shape index (κ3) is 2.84. The molecule has 0 saturated heterocycles. The van der Waals surface area contributed by atoms with E-state index in [2.05, 4.69) is 25.6 Å². The van der Waals surface area contributed by atoms with Crippen LogP contribution in [0.5, 0.6) is 0 Å². The lowest BCUT2D eigenvalue weighted by Gasteiger charge is -2.23. The largest absolute Gasteiger partial charge is 0.330 e. The predicted octanol–water partition coefficient (Wildman–Crippen LogP) is 4.43. The second-order valence-electron chi connectivity index (χ2n) is 8.29. The molecule has 0 unspecified atom stereocenters. The summed E-state index contributed by atoms with van der Waals surface area (Å²) < 4.78 is 0. The molecule has 2 aliphatic carbocycles. The van der Waals surface area contributed by atoms with Gasteiger partial charge in [0.15, 0.2) is 5.78 Å². The second-order valence-corrected chi connectivity index (χ2v) is 8.29. The Morgan fingerprint density at radius 3 is 2.42 bits per heavy atom. The number of nitrogens with zero attached hydrogens (tertiary/aromatic N) is 1. The topological polar surface area (TPSA) is 37.4 Å². The van der Waals surface area contributed by atoms with Gasteiger partial charge in [-0.05, 0) is 60.6 Å². The number of Topliss-reactive ketones (excluding diaryl/α,β-unsaturated/α-hetero) is 1. The molecular formula is C23H27NO2. The molecule has 3 aliphatic rings. The summed E-state index contributed by atoms with van der Waals surface area (Å²) in [6.45, 7) is 9.79. The molecule has 1 heterocycles. The lowest BCUT2D eigenvalue weighted by molar-refractivity contribution is -0.128. The zero-order valence-corrected chi connectivity index (χ0v) is 15.8. The lowest BCUT2D eigenvalue weighted by atomic mass is 9.86. The number of carbonyl (C=O) groups is 2. The van der Waals surface area contributed by atoms with Gasteiger partial charge in [0.05, 0.1) is 0 Å². The number of benzene rings is 1. The van der Waals surface area contributed by atoms with Crippen LogP contribution in [0.3, 0.4) is 0 Å². The molecule has 1 aliphatic heterocycles. The van der Waals surface area contributed by atoms with E-state index in [1.54, 1.807) is 0 Å². The molecule has 1 aromatic carbocycles. The molecule has 3 atom stereocenters. The summed E-state index contributed by atoms with van der Waals surface area (Å²) in [5.41, 5.74) is 5.45. The van der Waals surface area contributed by atoms with Crippen molar-refractivity contribution in [3.05, 3.63) is 58.7 Å². The van der Waals surface area contributed by atoms with Crippen LogP contribution in [0.25, 0.3) is 0 Å². The summed E-state index contributed by atoms with van der Waals surface area (Å²) in [4.78, 5) is 27.2. The fourth-order valence-corrected chi connectivity index (χ4v) is 4.97. The van der Waals surface area contributed by atoms with E-state index in [1.165, 1.54) is 16.7 Å². The van der Waals surface area contributed by atoms with Crippen molar-refractivity contribution >= 4 is 11.7 Å². The van der Waals surface area contributed by atoms with E-state index in [0.29, 0.717) is 37.1 Å². The summed E-state index contributed by atoms with van der Waals surface area (Å²) in [6, 6.07) is 8.25. The monoisotopic (exact) mass is 349 g/mol. The molecule has 136 valence electrons. The van der Waals surface area contributed by atoms with Gasteiger partial charge in [-0.3, -0.25) is 9.59 Å². The molecule has 3 nitrogen and oxygen atoms in total. The van der Waals surface area contributed by atoms with Gasteiger partial charge in [-0.15, -0.1) is 0 Å². The van der Waals surface area contributed by atoms with E-state index < -0.39 is 0 Å². The average molecular weight is 349 g/mol. The van der Waals surface area contributed by atoms with Crippen LogP contribution >= 0.6 is 0 Å². The first-order chi connectivity index (χ1) is 12.5. The Balaban J connectivity index is 1.51. The molecule has 1 amide bonds. The Hall–Kier alpha value is -2.16. The van der Waals surface area contributed by atoms with Crippen molar-refractivity contribution in [2.24, 2.45) is 17.8 Å². The van der Waals surface area contributed by atoms with Crippen molar-refractivity contribution in [3.8, 4) is 0 Å². The highest BCUT2D eigenvalue weighted by Gasteiger charge is 2.38. The van der Waals surface area contributed by atoms with Crippen molar-refractivity contribution in [3.63, 3.8) is 0 Å². The molecule has 1 fully saturated rings. The van der Waals surface area contributed by atoms with Gasteiger partial charge in [-0.2, -0.15) is 0 Å². The fraction of sp³-hybridized carbons (Fsp3) is 0.478. The van der Waals surface area contributed by atoms with Crippen LogP contribution in [-0.4, -0.2) is 16.6 Å². The van der Waals surface area contributed by atoms with Crippen LogP contribution in [-0.2, 0) is 22.7 Å². The third-order valence-electron chi connectivity index (χ3n) is 6.77. The van der Waals surface area contributed by atoms with Crippen molar-refractivity contribution in [2.45, 2.75) is 52.6 Å². The number of hydrogen-bond acceptors (Lipinski definition) is 2. The lowest BCUT2D eigenvalue weighted by Crippen LogP contribution is -2.29. The molecular weight excluding hydrogens is 322 g/mol. The SMILES string of the molecule is C=C(C(=O)N1Cc2ccccc2C1)[C@@H]1CC[C@H](C)[C@@H]2CC(=O)C(C)=C2C1. The molecule has 0 aromatic heterocycles. The minimum absolute atomic E-state index is 0.0832. The Morgan fingerprint density at radius 1 is 1.12 bits per heavy atom. The van der Waals surface area contributed by atoms with Crippen molar-refractivity contribution < 1.29 is 9.59 Å². The summed E-state index contributed by atoms with van der Waals surface area (Å²) in [7, 11) is 0. The molecule has 3 heteroatoms. The Morgan fingerprint density at radius 2 is 1.77 bits per heavy atom. The molecule has 1 saturated carbocycles. The number of hydrogen-bond donors (Lipinski definition) is 0. The minimum Gasteiger partial charge on any atom is -0.330 e. The number of carbonyl (C=O) groups excluding carboxylic acids is 2. The predicted molar refractivity (Wildman–Crippen MR) is 102 cm³/mol. The van der Waals surface area contributed by atoms with Crippen LogP contribution in [0.4, 0.5) is 0 Å². The highest BCUT2D eigenvalue weighted by Crippen LogP contribution is 2.45. The molecule has 26 heavy (non-hydrogen) atoms. The first-order valence-electron chi connectivity index (χ1n) is 9.73. The van der Waals surface area contributed by atoms with Gasteiger partial charge in [-0.1, -0.05) is 43.3 Å². The quantitative estimate of drug-likeness (QED) is 0.741. The van der Waals surface area contributed by atoms with Crippen molar-refractivity contribution in [1.82, 2.24) is 4.90 Å². The molecule has 4 rings (SSSR count). The number of fused-ring (bicyclic) bond motifs is 2.